The summed E-state index contributed by atoms with van der Waals surface area (Å²) in [5, 5.41) is 18.0. The molecule has 0 saturated carbocycles. The number of carbonyl (C=O) groups is 2. The van der Waals surface area contributed by atoms with Gasteiger partial charge < -0.3 is 16.2 Å². The van der Waals surface area contributed by atoms with Crippen LogP contribution in [0.4, 0.5) is 5.82 Å². The number of rotatable bonds is 5. The van der Waals surface area contributed by atoms with Gasteiger partial charge in [-0.3, -0.25) is 9.59 Å². The molecule has 0 bridgehead atoms. The first-order valence-corrected chi connectivity index (χ1v) is 5.00. The Kier molecular flexibility index (Phi) is 3.66. The Hall–Kier alpha value is -2.12. The summed E-state index contributed by atoms with van der Waals surface area (Å²) in [6.07, 6.45) is 0.384. The molecule has 0 fully saturated rings. The predicted octanol–water partition coefficient (Wildman–Crippen LogP) is -0.117. The van der Waals surface area contributed by atoms with Gasteiger partial charge in [-0.05, 0) is 23.7 Å². The summed E-state index contributed by atoms with van der Waals surface area (Å²) in [6, 6.07) is 0. The van der Waals surface area contributed by atoms with Gasteiger partial charge >= 0.3 is 5.97 Å². The Balaban J connectivity index is 2.66. The van der Waals surface area contributed by atoms with E-state index in [9.17, 15) is 9.59 Å². The van der Waals surface area contributed by atoms with Crippen molar-refractivity contribution in [3.05, 3.63) is 5.69 Å². The molecule has 8 nitrogen and oxygen atoms in total. The lowest BCUT2D eigenvalue weighted by atomic mass is 9.88. The van der Waals surface area contributed by atoms with Crippen molar-refractivity contribution in [3.63, 3.8) is 0 Å². The zero-order valence-corrected chi connectivity index (χ0v) is 9.56. The topological polar surface area (TPSA) is 131 Å². The first kappa shape index (κ1) is 12.9. The van der Waals surface area contributed by atoms with Crippen LogP contribution in [0.2, 0.25) is 0 Å². The molecule has 0 aliphatic heterocycles. The molecule has 8 heteroatoms. The fraction of sp³-hybridized carbons (Fsp3) is 0.556. The molecule has 0 radical (unpaired) electrons. The lowest BCUT2D eigenvalue weighted by Gasteiger charge is -2.22. The van der Waals surface area contributed by atoms with Crippen LogP contribution in [0.1, 0.15) is 30.8 Å². The number of aromatic nitrogens is 2. The molecule has 1 atom stereocenters. The number of carbonyl (C=O) groups excluding carboxylic acids is 1. The Labute approximate surface area is 97.1 Å². The number of hydrogen-bond acceptors (Lipinski definition) is 6. The van der Waals surface area contributed by atoms with E-state index in [0.717, 1.165) is 0 Å². The van der Waals surface area contributed by atoms with E-state index in [-0.39, 0.29) is 18.1 Å². The molecule has 1 aromatic heterocycles. The van der Waals surface area contributed by atoms with E-state index in [1.54, 1.807) is 13.8 Å². The smallest absolute Gasteiger partial charge is 0.311 e. The highest BCUT2D eigenvalue weighted by molar-refractivity contribution is 5.96. The summed E-state index contributed by atoms with van der Waals surface area (Å²) in [7, 11) is 0. The predicted molar refractivity (Wildman–Crippen MR) is 57.1 cm³/mol. The van der Waals surface area contributed by atoms with E-state index in [1.807, 2.05) is 0 Å². The normalized spacial score (nSPS) is 14.0. The van der Waals surface area contributed by atoms with Gasteiger partial charge in [0.25, 0.3) is 5.91 Å². The van der Waals surface area contributed by atoms with Crippen LogP contribution in [0, 0.1) is 5.41 Å². The van der Waals surface area contributed by atoms with Crippen molar-refractivity contribution in [2.24, 2.45) is 5.41 Å². The van der Waals surface area contributed by atoms with Gasteiger partial charge in [0.1, 0.15) is 0 Å². The van der Waals surface area contributed by atoms with Gasteiger partial charge in [-0.25, -0.2) is 4.63 Å². The third-order valence-corrected chi connectivity index (χ3v) is 2.66. The van der Waals surface area contributed by atoms with Crippen LogP contribution in [0.5, 0.6) is 0 Å². The molecule has 0 saturated heterocycles. The van der Waals surface area contributed by atoms with Gasteiger partial charge in [-0.2, -0.15) is 0 Å². The summed E-state index contributed by atoms with van der Waals surface area (Å²) < 4.78 is 4.27. The number of carboxylic acids is 1. The first-order valence-electron chi connectivity index (χ1n) is 5.00. The van der Waals surface area contributed by atoms with Crippen LogP contribution in [-0.2, 0) is 4.79 Å². The SMILES string of the molecule is CCC(C)(CNC(=O)c1nonc1N)C(=O)O. The summed E-state index contributed by atoms with van der Waals surface area (Å²) in [6.45, 7) is 3.25. The maximum Gasteiger partial charge on any atom is 0.311 e. The molecule has 0 aromatic carbocycles. The lowest BCUT2D eigenvalue weighted by molar-refractivity contribution is -0.147. The van der Waals surface area contributed by atoms with Gasteiger partial charge in [0.05, 0.1) is 5.41 Å². The molecule has 1 rings (SSSR count). The average molecular weight is 242 g/mol. The van der Waals surface area contributed by atoms with Crippen molar-refractivity contribution < 1.29 is 19.3 Å². The molecular weight excluding hydrogens is 228 g/mol. The highest BCUT2D eigenvalue weighted by Gasteiger charge is 2.32. The quantitative estimate of drug-likeness (QED) is 0.655. The number of amides is 1. The fourth-order valence-electron chi connectivity index (χ4n) is 1.06. The summed E-state index contributed by atoms with van der Waals surface area (Å²) in [5.41, 5.74) is 4.16. The van der Waals surface area contributed by atoms with Gasteiger partial charge in [-0.15, -0.1) is 0 Å². The Morgan fingerprint density at radius 3 is 2.59 bits per heavy atom. The van der Waals surface area contributed by atoms with Crippen LogP contribution in [-0.4, -0.2) is 33.8 Å². The number of aliphatic carboxylic acids is 1. The number of nitrogens with zero attached hydrogens (tertiary/aromatic N) is 2. The molecule has 0 aliphatic rings. The molecule has 1 heterocycles. The van der Waals surface area contributed by atoms with Crippen LogP contribution in [0.3, 0.4) is 0 Å². The zero-order valence-electron chi connectivity index (χ0n) is 9.56. The molecular formula is C9H14N4O4. The maximum absolute atomic E-state index is 11.6. The van der Waals surface area contributed by atoms with Crippen LogP contribution in [0.15, 0.2) is 4.63 Å². The van der Waals surface area contributed by atoms with E-state index in [2.05, 4.69) is 20.3 Å². The minimum Gasteiger partial charge on any atom is -0.481 e. The van der Waals surface area contributed by atoms with Crippen LogP contribution >= 0.6 is 0 Å². The van der Waals surface area contributed by atoms with E-state index in [0.29, 0.717) is 6.42 Å². The summed E-state index contributed by atoms with van der Waals surface area (Å²) in [5.74, 6) is -1.72. The number of anilines is 1. The van der Waals surface area contributed by atoms with Crippen molar-refractivity contribution in [3.8, 4) is 0 Å². The highest BCUT2D eigenvalue weighted by atomic mass is 16.6. The van der Waals surface area contributed by atoms with E-state index in [4.69, 9.17) is 10.8 Å². The van der Waals surface area contributed by atoms with E-state index >= 15 is 0 Å². The second-order valence-corrected chi connectivity index (χ2v) is 3.90. The Morgan fingerprint density at radius 2 is 2.18 bits per heavy atom. The first-order chi connectivity index (χ1) is 7.90. The Morgan fingerprint density at radius 1 is 1.53 bits per heavy atom. The van der Waals surface area contributed by atoms with Crippen molar-refractivity contribution >= 4 is 17.7 Å². The average Bonchev–Trinajstić information content (AvgIpc) is 2.71. The zero-order chi connectivity index (χ0) is 13.1. The molecule has 0 spiro atoms. The summed E-state index contributed by atoms with van der Waals surface area (Å²) >= 11 is 0. The molecule has 0 aliphatic carbocycles. The van der Waals surface area contributed by atoms with E-state index < -0.39 is 17.3 Å². The molecule has 1 aromatic rings. The van der Waals surface area contributed by atoms with Crippen molar-refractivity contribution in [1.29, 1.82) is 0 Å². The third-order valence-electron chi connectivity index (χ3n) is 2.66. The minimum atomic E-state index is -1.03. The van der Waals surface area contributed by atoms with Gasteiger partial charge in [0, 0.05) is 6.54 Å². The molecule has 17 heavy (non-hydrogen) atoms. The maximum atomic E-state index is 11.6. The van der Waals surface area contributed by atoms with Crippen LogP contribution < -0.4 is 11.1 Å². The highest BCUT2D eigenvalue weighted by Crippen LogP contribution is 2.20. The molecule has 4 N–H and O–H groups in total. The second kappa shape index (κ2) is 4.81. The number of nitrogens with one attached hydrogen (secondary N) is 1. The van der Waals surface area contributed by atoms with Gasteiger partial charge in [-0.1, -0.05) is 6.92 Å². The number of carboxylic acid groups (broad SMARTS) is 1. The van der Waals surface area contributed by atoms with E-state index in [1.165, 1.54) is 0 Å². The molecule has 94 valence electrons. The monoisotopic (exact) mass is 242 g/mol. The third kappa shape index (κ3) is 2.71. The Bertz CT molecular complexity index is 430. The van der Waals surface area contributed by atoms with Crippen molar-refractivity contribution in [2.45, 2.75) is 20.3 Å². The van der Waals surface area contributed by atoms with Crippen molar-refractivity contribution in [2.75, 3.05) is 12.3 Å². The number of nitrogen functional groups attached to an aromatic ring is 1. The number of hydrogen-bond donors (Lipinski definition) is 3. The van der Waals surface area contributed by atoms with Crippen molar-refractivity contribution in [1.82, 2.24) is 15.6 Å². The standard InChI is InChI=1S/C9H14N4O4/c1-3-9(2,8(15)16)4-11-7(14)5-6(10)13-17-12-5/h3-4H2,1-2H3,(H2,10,13)(H,11,14)(H,15,16). The van der Waals surface area contributed by atoms with Gasteiger partial charge in [0.2, 0.25) is 11.5 Å². The van der Waals surface area contributed by atoms with Gasteiger partial charge in [0.15, 0.2) is 0 Å². The number of nitrogens with two attached hydrogens (primary N) is 1. The fourth-order valence-corrected chi connectivity index (χ4v) is 1.06. The summed E-state index contributed by atoms with van der Waals surface area (Å²) in [4.78, 5) is 22.6. The lowest BCUT2D eigenvalue weighted by Crippen LogP contribution is -2.40. The largest absolute Gasteiger partial charge is 0.481 e. The molecule has 1 unspecified atom stereocenters. The molecule has 1 amide bonds. The van der Waals surface area contributed by atoms with Crippen LogP contribution in [0.25, 0.3) is 0 Å². The minimum absolute atomic E-state index is 0.0238. The second-order valence-electron chi connectivity index (χ2n) is 3.90.